The summed E-state index contributed by atoms with van der Waals surface area (Å²) in [6.45, 7) is 2.14. The molecule has 0 radical (unpaired) electrons. The second kappa shape index (κ2) is 5.85. The van der Waals surface area contributed by atoms with E-state index in [0.29, 0.717) is 6.54 Å². The maximum absolute atomic E-state index is 11.2. The minimum Gasteiger partial charge on any atom is -0.337 e. The van der Waals surface area contributed by atoms with Crippen molar-refractivity contribution in [3.05, 3.63) is 54.9 Å². The maximum Gasteiger partial charge on any atom is 0.221 e. The van der Waals surface area contributed by atoms with Crippen LogP contribution in [0.3, 0.4) is 0 Å². The van der Waals surface area contributed by atoms with Gasteiger partial charge in [0, 0.05) is 50.0 Å². The molecule has 1 aromatic carbocycles. The predicted molar refractivity (Wildman–Crippen MR) is 84.3 cm³/mol. The van der Waals surface area contributed by atoms with Gasteiger partial charge in [-0.3, -0.25) is 4.79 Å². The topological polar surface area (TPSA) is 64.7 Å². The summed E-state index contributed by atoms with van der Waals surface area (Å²) in [7, 11) is 1.97. The first-order valence-corrected chi connectivity index (χ1v) is 6.99. The number of hydrogen-bond donors (Lipinski definition) is 1. The van der Waals surface area contributed by atoms with E-state index in [1.165, 1.54) is 6.92 Å². The second-order valence-electron chi connectivity index (χ2n) is 5.10. The summed E-state index contributed by atoms with van der Waals surface area (Å²) in [4.78, 5) is 20.0. The predicted octanol–water partition coefficient (Wildman–Crippen LogP) is 2.29. The molecule has 0 atom stereocenters. The number of amides is 1. The van der Waals surface area contributed by atoms with Gasteiger partial charge in [-0.25, -0.2) is 9.97 Å². The van der Waals surface area contributed by atoms with E-state index >= 15 is 0 Å². The first kappa shape index (κ1) is 14.1. The van der Waals surface area contributed by atoms with Crippen LogP contribution in [0.4, 0.5) is 5.69 Å². The van der Waals surface area contributed by atoms with Crippen molar-refractivity contribution in [2.45, 2.75) is 13.5 Å². The number of anilines is 1. The number of aromatic nitrogens is 4. The fraction of sp³-hybridized carbons (Fsp3) is 0.188. The van der Waals surface area contributed by atoms with E-state index in [1.807, 2.05) is 52.8 Å². The molecule has 0 aliphatic rings. The Morgan fingerprint density at radius 2 is 2.05 bits per heavy atom. The molecule has 2 heterocycles. The number of benzene rings is 1. The Morgan fingerprint density at radius 1 is 1.23 bits per heavy atom. The molecule has 0 fully saturated rings. The molecule has 0 saturated heterocycles. The molecular formula is C16H17N5O. The van der Waals surface area contributed by atoms with Gasteiger partial charge in [0.2, 0.25) is 5.91 Å². The summed E-state index contributed by atoms with van der Waals surface area (Å²) in [6, 6.07) is 7.65. The van der Waals surface area contributed by atoms with Crippen molar-refractivity contribution in [3.63, 3.8) is 0 Å². The van der Waals surface area contributed by atoms with Crippen LogP contribution in [-0.2, 0) is 18.4 Å². The van der Waals surface area contributed by atoms with Crippen molar-refractivity contribution in [1.82, 2.24) is 19.1 Å². The van der Waals surface area contributed by atoms with Crippen molar-refractivity contribution in [1.29, 1.82) is 0 Å². The highest BCUT2D eigenvalue weighted by Gasteiger charge is 2.09. The van der Waals surface area contributed by atoms with Crippen LogP contribution in [0.15, 0.2) is 49.1 Å². The molecule has 6 nitrogen and oxygen atoms in total. The van der Waals surface area contributed by atoms with Crippen LogP contribution in [0.1, 0.15) is 12.7 Å². The smallest absolute Gasteiger partial charge is 0.221 e. The van der Waals surface area contributed by atoms with Gasteiger partial charge in [-0.1, -0.05) is 12.1 Å². The number of aryl methyl sites for hydroxylation is 1. The van der Waals surface area contributed by atoms with Crippen LogP contribution in [0.2, 0.25) is 0 Å². The number of nitrogens with one attached hydrogen (secondary N) is 1. The third-order valence-electron chi connectivity index (χ3n) is 3.39. The Hall–Kier alpha value is -2.89. The van der Waals surface area contributed by atoms with E-state index in [4.69, 9.17) is 0 Å². The summed E-state index contributed by atoms with van der Waals surface area (Å²) < 4.78 is 4.02. The Labute approximate surface area is 128 Å². The Morgan fingerprint density at radius 3 is 2.77 bits per heavy atom. The third kappa shape index (κ3) is 2.90. The van der Waals surface area contributed by atoms with E-state index in [-0.39, 0.29) is 5.91 Å². The van der Waals surface area contributed by atoms with Crippen LogP contribution in [0.5, 0.6) is 0 Å². The molecule has 3 aromatic rings. The number of carbonyl (C=O) groups is 1. The van der Waals surface area contributed by atoms with E-state index in [2.05, 4.69) is 15.3 Å². The third-order valence-corrected chi connectivity index (χ3v) is 3.39. The first-order valence-electron chi connectivity index (χ1n) is 6.99. The lowest BCUT2D eigenvalue weighted by Gasteiger charge is -2.09. The summed E-state index contributed by atoms with van der Waals surface area (Å²) in [5, 5.41) is 2.79. The van der Waals surface area contributed by atoms with Crippen LogP contribution >= 0.6 is 0 Å². The molecule has 2 aromatic heterocycles. The van der Waals surface area contributed by atoms with E-state index in [0.717, 1.165) is 22.9 Å². The maximum atomic E-state index is 11.2. The zero-order valence-corrected chi connectivity index (χ0v) is 12.5. The van der Waals surface area contributed by atoms with Gasteiger partial charge in [-0.15, -0.1) is 0 Å². The highest BCUT2D eigenvalue weighted by molar-refractivity contribution is 5.89. The SMILES string of the molecule is CC(=O)Nc1cccc(-c2nccn2Cc2nccn2C)c1. The molecule has 0 unspecified atom stereocenters. The standard InChI is InChI=1S/C16H17N5O/c1-12(22)19-14-5-3-4-13(10-14)16-18-7-9-21(16)11-15-17-6-8-20(15)2/h3-10H,11H2,1-2H3,(H,19,22). The van der Waals surface area contributed by atoms with Gasteiger partial charge in [0.15, 0.2) is 0 Å². The van der Waals surface area contributed by atoms with Crippen molar-refractivity contribution < 1.29 is 4.79 Å². The van der Waals surface area contributed by atoms with Gasteiger partial charge in [0.1, 0.15) is 11.6 Å². The molecule has 0 bridgehead atoms. The average molecular weight is 295 g/mol. The van der Waals surface area contributed by atoms with Crippen molar-refractivity contribution in [2.24, 2.45) is 7.05 Å². The molecule has 0 saturated carbocycles. The largest absolute Gasteiger partial charge is 0.337 e. The van der Waals surface area contributed by atoms with E-state index < -0.39 is 0 Å². The number of rotatable bonds is 4. The summed E-state index contributed by atoms with van der Waals surface area (Å²) in [6.07, 6.45) is 7.39. The fourth-order valence-electron chi connectivity index (χ4n) is 2.34. The lowest BCUT2D eigenvalue weighted by molar-refractivity contribution is -0.114. The van der Waals surface area contributed by atoms with E-state index in [1.54, 1.807) is 12.4 Å². The summed E-state index contributed by atoms with van der Waals surface area (Å²) in [5.41, 5.74) is 1.71. The van der Waals surface area contributed by atoms with Crippen LogP contribution in [-0.4, -0.2) is 25.0 Å². The Balaban J connectivity index is 1.91. The van der Waals surface area contributed by atoms with Gasteiger partial charge in [-0.2, -0.15) is 0 Å². The van der Waals surface area contributed by atoms with Gasteiger partial charge in [-0.05, 0) is 12.1 Å². The van der Waals surface area contributed by atoms with Gasteiger partial charge in [0.05, 0.1) is 6.54 Å². The van der Waals surface area contributed by atoms with Gasteiger partial charge >= 0.3 is 0 Å². The first-order chi connectivity index (χ1) is 10.6. The van der Waals surface area contributed by atoms with Crippen molar-refractivity contribution >= 4 is 11.6 Å². The van der Waals surface area contributed by atoms with Gasteiger partial charge < -0.3 is 14.5 Å². The molecule has 112 valence electrons. The summed E-state index contributed by atoms with van der Waals surface area (Å²) in [5.74, 6) is 1.71. The number of carbonyl (C=O) groups excluding carboxylic acids is 1. The van der Waals surface area contributed by atoms with Crippen molar-refractivity contribution in [3.8, 4) is 11.4 Å². The van der Waals surface area contributed by atoms with Crippen LogP contribution in [0, 0.1) is 0 Å². The molecule has 1 N–H and O–H groups in total. The minimum atomic E-state index is -0.0893. The number of hydrogen-bond acceptors (Lipinski definition) is 3. The second-order valence-corrected chi connectivity index (χ2v) is 5.10. The van der Waals surface area contributed by atoms with Crippen LogP contribution < -0.4 is 5.32 Å². The molecule has 6 heteroatoms. The molecule has 0 aliphatic carbocycles. The lowest BCUT2D eigenvalue weighted by atomic mass is 10.2. The summed E-state index contributed by atoms with van der Waals surface area (Å²) >= 11 is 0. The molecule has 1 amide bonds. The average Bonchev–Trinajstić information content (AvgIpc) is 3.09. The molecule has 0 spiro atoms. The van der Waals surface area contributed by atoms with Crippen LogP contribution in [0.25, 0.3) is 11.4 Å². The normalized spacial score (nSPS) is 10.6. The Kier molecular flexibility index (Phi) is 3.74. The highest BCUT2D eigenvalue weighted by atomic mass is 16.1. The highest BCUT2D eigenvalue weighted by Crippen LogP contribution is 2.22. The van der Waals surface area contributed by atoms with Gasteiger partial charge in [0.25, 0.3) is 0 Å². The fourth-order valence-corrected chi connectivity index (χ4v) is 2.34. The number of nitrogens with zero attached hydrogens (tertiary/aromatic N) is 4. The zero-order valence-electron chi connectivity index (χ0n) is 12.5. The lowest BCUT2D eigenvalue weighted by Crippen LogP contribution is -2.07. The minimum absolute atomic E-state index is 0.0893. The molecule has 3 rings (SSSR count). The molecule has 0 aliphatic heterocycles. The van der Waals surface area contributed by atoms with Crippen molar-refractivity contribution in [2.75, 3.05) is 5.32 Å². The monoisotopic (exact) mass is 295 g/mol. The number of imidazole rings is 2. The molecule has 22 heavy (non-hydrogen) atoms. The quantitative estimate of drug-likeness (QED) is 0.803. The molecular weight excluding hydrogens is 278 g/mol. The Bertz CT molecular complexity index is 802. The zero-order chi connectivity index (χ0) is 15.5. The van der Waals surface area contributed by atoms with E-state index in [9.17, 15) is 4.79 Å².